The number of halogens is 1. The Morgan fingerprint density at radius 2 is 1.92 bits per heavy atom. The molecule has 0 aliphatic rings. The van der Waals surface area contributed by atoms with Crippen molar-refractivity contribution in [1.29, 1.82) is 0 Å². The van der Waals surface area contributed by atoms with E-state index >= 15 is 0 Å². The third kappa shape index (κ3) is 4.17. The lowest BCUT2D eigenvalue weighted by molar-refractivity contribution is 0.102. The van der Waals surface area contributed by atoms with Crippen molar-refractivity contribution in [2.75, 3.05) is 12.4 Å². The molecule has 0 bridgehead atoms. The predicted octanol–water partition coefficient (Wildman–Crippen LogP) is 2.47. The van der Waals surface area contributed by atoms with Crippen LogP contribution in [0.4, 0.5) is 5.69 Å². The van der Waals surface area contributed by atoms with E-state index in [4.69, 9.17) is 0 Å². The van der Waals surface area contributed by atoms with Gasteiger partial charge in [-0.1, -0.05) is 12.1 Å². The summed E-state index contributed by atoms with van der Waals surface area (Å²) in [4.78, 5) is 12.5. The van der Waals surface area contributed by atoms with Gasteiger partial charge in [0.05, 0.1) is 11.3 Å². The number of nitrogens with zero attached hydrogens (tertiary/aromatic N) is 1. The Balaban J connectivity index is 1.77. The number of sulfonamides is 1. The number of fused-ring (bicyclic) bond motifs is 1. The molecule has 0 aliphatic heterocycles. The lowest BCUT2D eigenvalue weighted by Gasteiger charge is -2.06. The number of H-pyrrole nitrogens is 1. The molecule has 0 atom stereocenters. The maximum Gasteiger partial charge on any atom is 0.276 e. The standard InChI is InChI=1S/C16H15IN4O3S/c1-18-25(23,24)9-10-2-5-12(6-3-10)19-16(22)15-13-8-11(17)4-7-14(13)20-21-15/h2-8,18H,9H2,1H3,(H,19,22)(H,20,21). The van der Waals surface area contributed by atoms with Crippen LogP contribution in [0, 0.1) is 3.57 Å². The summed E-state index contributed by atoms with van der Waals surface area (Å²) in [6.07, 6.45) is 0. The molecule has 2 aromatic carbocycles. The van der Waals surface area contributed by atoms with Crippen LogP contribution in [0.15, 0.2) is 42.5 Å². The van der Waals surface area contributed by atoms with Crippen molar-refractivity contribution in [3.8, 4) is 0 Å². The molecule has 130 valence electrons. The van der Waals surface area contributed by atoms with E-state index in [-0.39, 0.29) is 11.7 Å². The first-order valence-electron chi connectivity index (χ1n) is 7.33. The van der Waals surface area contributed by atoms with Gasteiger partial charge in [-0.25, -0.2) is 13.1 Å². The molecule has 25 heavy (non-hydrogen) atoms. The van der Waals surface area contributed by atoms with E-state index in [1.54, 1.807) is 24.3 Å². The third-order valence-corrected chi connectivity index (χ3v) is 5.63. The molecule has 9 heteroatoms. The summed E-state index contributed by atoms with van der Waals surface area (Å²) < 4.78 is 26.4. The van der Waals surface area contributed by atoms with E-state index in [0.29, 0.717) is 16.9 Å². The van der Waals surface area contributed by atoms with E-state index < -0.39 is 10.0 Å². The maximum atomic E-state index is 12.5. The van der Waals surface area contributed by atoms with Crippen LogP contribution in [0.2, 0.25) is 0 Å². The van der Waals surface area contributed by atoms with Crippen molar-refractivity contribution in [2.24, 2.45) is 0 Å². The molecule has 1 heterocycles. The molecule has 0 radical (unpaired) electrons. The first-order valence-corrected chi connectivity index (χ1v) is 10.1. The van der Waals surface area contributed by atoms with Gasteiger partial charge >= 0.3 is 0 Å². The fourth-order valence-corrected chi connectivity index (χ4v) is 3.59. The van der Waals surface area contributed by atoms with Crippen LogP contribution in [0.3, 0.4) is 0 Å². The van der Waals surface area contributed by atoms with E-state index in [0.717, 1.165) is 14.5 Å². The molecule has 0 saturated heterocycles. The van der Waals surface area contributed by atoms with E-state index in [2.05, 4.69) is 42.8 Å². The lowest BCUT2D eigenvalue weighted by Crippen LogP contribution is -2.20. The molecular formula is C16H15IN4O3S. The van der Waals surface area contributed by atoms with Crippen LogP contribution in [-0.2, 0) is 15.8 Å². The Bertz CT molecular complexity index is 1030. The highest BCUT2D eigenvalue weighted by Crippen LogP contribution is 2.20. The number of carbonyl (C=O) groups is 1. The molecule has 7 nitrogen and oxygen atoms in total. The molecule has 3 N–H and O–H groups in total. The molecule has 3 rings (SSSR count). The molecule has 0 spiro atoms. The van der Waals surface area contributed by atoms with E-state index in [1.807, 2.05) is 18.2 Å². The highest BCUT2D eigenvalue weighted by Gasteiger charge is 2.15. The Morgan fingerprint density at radius 1 is 1.20 bits per heavy atom. The van der Waals surface area contributed by atoms with Crippen LogP contribution < -0.4 is 10.0 Å². The van der Waals surface area contributed by atoms with Gasteiger partial charge in [0.25, 0.3) is 5.91 Å². The summed E-state index contributed by atoms with van der Waals surface area (Å²) in [7, 11) is -1.95. The Hall–Kier alpha value is -1.98. The van der Waals surface area contributed by atoms with Gasteiger partial charge in [-0.3, -0.25) is 9.89 Å². The summed E-state index contributed by atoms with van der Waals surface area (Å²) in [5.41, 5.74) is 2.30. The first kappa shape index (κ1) is 17.8. The van der Waals surface area contributed by atoms with Gasteiger partial charge in [0.1, 0.15) is 0 Å². The molecule has 0 fully saturated rings. The smallest absolute Gasteiger partial charge is 0.276 e. The number of hydrogen-bond donors (Lipinski definition) is 3. The van der Waals surface area contributed by atoms with Gasteiger partial charge < -0.3 is 5.32 Å². The van der Waals surface area contributed by atoms with Gasteiger partial charge in [0.2, 0.25) is 10.0 Å². The second-order valence-corrected chi connectivity index (χ2v) is 8.55. The third-order valence-electron chi connectivity index (χ3n) is 3.62. The van der Waals surface area contributed by atoms with Gasteiger partial charge in [-0.05, 0) is 65.5 Å². The average Bonchev–Trinajstić information content (AvgIpc) is 2.99. The molecule has 3 aromatic rings. The zero-order valence-corrected chi connectivity index (χ0v) is 16.2. The summed E-state index contributed by atoms with van der Waals surface area (Å²) in [5, 5.41) is 10.4. The minimum Gasteiger partial charge on any atom is -0.321 e. The van der Waals surface area contributed by atoms with Crippen LogP contribution >= 0.6 is 22.6 Å². The van der Waals surface area contributed by atoms with Crippen molar-refractivity contribution >= 4 is 55.1 Å². The van der Waals surface area contributed by atoms with Gasteiger partial charge in [-0.15, -0.1) is 0 Å². The van der Waals surface area contributed by atoms with Crippen molar-refractivity contribution in [3.05, 3.63) is 57.3 Å². The topological polar surface area (TPSA) is 104 Å². The van der Waals surface area contributed by atoms with Crippen LogP contribution in [0.25, 0.3) is 10.9 Å². The Labute approximate surface area is 158 Å². The van der Waals surface area contributed by atoms with Crippen molar-refractivity contribution in [1.82, 2.24) is 14.9 Å². The number of hydrogen-bond acceptors (Lipinski definition) is 4. The van der Waals surface area contributed by atoms with Crippen LogP contribution in [0.5, 0.6) is 0 Å². The number of benzene rings is 2. The molecule has 0 unspecified atom stereocenters. The largest absolute Gasteiger partial charge is 0.321 e. The predicted molar refractivity (Wildman–Crippen MR) is 105 cm³/mol. The van der Waals surface area contributed by atoms with Crippen molar-refractivity contribution < 1.29 is 13.2 Å². The van der Waals surface area contributed by atoms with Crippen molar-refractivity contribution in [3.63, 3.8) is 0 Å². The number of aromatic nitrogens is 2. The highest BCUT2D eigenvalue weighted by molar-refractivity contribution is 14.1. The summed E-state index contributed by atoms with van der Waals surface area (Å²) >= 11 is 2.18. The minimum absolute atomic E-state index is 0.111. The first-order chi connectivity index (χ1) is 11.9. The zero-order valence-electron chi connectivity index (χ0n) is 13.2. The number of rotatable bonds is 5. The van der Waals surface area contributed by atoms with E-state index in [1.165, 1.54) is 7.05 Å². The van der Waals surface area contributed by atoms with Gasteiger partial charge in [0.15, 0.2) is 5.69 Å². The van der Waals surface area contributed by atoms with Gasteiger partial charge in [-0.2, -0.15) is 5.10 Å². The highest BCUT2D eigenvalue weighted by atomic mass is 127. The average molecular weight is 470 g/mol. The van der Waals surface area contributed by atoms with Crippen LogP contribution in [0.1, 0.15) is 16.1 Å². The molecule has 0 saturated carbocycles. The van der Waals surface area contributed by atoms with Gasteiger partial charge in [0, 0.05) is 14.6 Å². The number of carbonyl (C=O) groups excluding carboxylic acids is 1. The molecular weight excluding hydrogens is 455 g/mol. The van der Waals surface area contributed by atoms with Crippen molar-refractivity contribution in [2.45, 2.75) is 5.75 Å². The minimum atomic E-state index is -3.32. The fraction of sp³-hybridized carbons (Fsp3) is 0.125. The summed E-state index contributed by atoms with van der Waals surface area (Å²) in [6, 6.07) is 12.3. The second kappa shape index (κ2) is 7.10. The lowest BCUT2D eigenvalue weighted by atomic mass is 10.2. The number of anilines is 1. The molecule has 0 aliphatic carbocycles. The number of nitrogens with one attached hydrogen (secondary N) is 3. The molecule has 1 aromatic heterocycles. The molecule has 1 amide bonds. The normalized spacial score (nSPS) is 11.6. The number of amides is 1. The summed E-state index contributed by atoms with van der Waals surface area (Å²) in [6.45, 7) is 0. The van der Waals surface area contributed by atoms with Crippen LogP contribution in [-0.4, -0.2) is 31.6 Å². The van der Waals surface area contributed by atoms with E-state index in [9.17, 15) is 13.2 Å². The SMILES string of the molecule is CNS(=O)(=O)Cc1ccc(NC(=O)c2n[nH]c3ccc(I)cc23)cc1. The zero-order chi connectivity index (χ0) is 18.0. The number of aromatic amines is 1. The summed E-state index contributed by atoms with van der Waals surface area (Å²) in [5.74, 6) is -0.441. The monoisotopic (exact) mass is 470 g/mol. The Morgan fingerprint density at radius 3 is 2.60 bits per heavy atom. The quantitative estimate of drug-likeness (QED) is 0.499. The maximum absolute atomic E-state index is 12.5. The fourth-order valence-electron chi connectivity index (χ4n) is 2.33. The Kier molecular flexibility index (Phi) is 5.06. The second-order valence-electron chi connectivity index (χ2n) is 5.38.